The van der Waals surface area contributed by atoms with Crippen LogP contribution in [0.25, 0.3) is 11.5 Å². The van der Waals surface area contributed by atoms with Crippen molar-refractivity contribution in [2.45, 2.75) is 5.75 Å². The van der Waals surface area contributed by atoms with Gasteiger partial charge in [-0.15, -0.1) is 5.10 Å². The largest absolute Gasteiger partial charge is 0.403 e. The lowest BCUT2D eigenvalue weighted by molar-refractivity contribution is 0.372. The molecule has 4 rings (SSSR count). The van der Waals surface area contributed by atoms with Crippen molar-refractivity contribution in [3.8, 4) is 11.5 Å². The summed E-state index contributed by atoms with van der Waals surface area (Å²) in [5.41, 5.74) is 1.66. The molecule has 0 atom stereocenters. The molecule has 0 aliphatic carbocycles. The second kappa shape index (κ2) is 7.50. The van der Waals surface area contributed by atoms with Gasteiger partial charge in [0.05, 0.1) is 5.75 Å². The van der Waals surface area contributed by atoms with Crippen LogP contribution in [0.3, 0.4) is 0 Å². The Hall–Kier alpha value is -2.71. The molecule has 1 aromatic heterocycles. The first-order valence-corrected chi connectivity index (χ1v) is 10.4. The number of piperazine rings is 1. The molecule has 0 amide bonds. The van der Waals surface area contributed by atoms with E-state index in [9.17, 15) is 8.42 Å². The summed E-state index contributed by atoms with van der Waals surface area (Å²) in [5, 5.41) is 8.21. The van der Waals surface area contributed by atoms with Gasteiger partial charge in [-0.2, -0.15) is 4.31 Å². The summed E-state index contributed by atoms with van der Waals surface area (Å²) in [5.74, 6) is 0.483. The normalized spacial score (nSPS) is 15.8. The van der Waals surface area contributed by atoms with Crippen LogP contribution in [0.1, 0.15) is 5.56 Å². The van der Waals surface area contributed by atoms with Gasteiger partial charge in [-0.1, -0.05) is 53.6 Å². The third kappa shape index (κ3) is 4.01. The Balaban J connectivity index is 1.40. The van der Waals surface area contributed by atoms with E-state index in [-0.39, 0.29) is 5.75 Å². The Kier molecular flexibility index (Phi) is 4.91. The molecule has 1 saturated heterocycles. The lowest BCUT2D eigenvalue weighted by atomic mass is 10.2. The maximum Gasteiger partial charge on any atom is 0.318 e. The Bertz CT molecular complexity index is 982. The molecule has 0 N–H and O–H groups in total. The summed E-state index contributed by atoms with van der Waals surface area (Å²) in [6, 6.07) is 19.2. The second-order valence-electron chi connectivity index (χ2n) is 6.38. The minimum Gasteiger partial charge on any atom is -0.403 e. The van der Waals surface area contributed by atoms with Crippen molar-refractivity contribution in [2.24, 2.45) is 0 Å². The van der Waals surface area contributed by atoms with Crippen molar-refractivity contribution >= 4 is 16.0 Å². The van der Waals surface area contributed by atoms with E-state index in [1.165, 1.54) is 4.31 Å². The Morgan fingerprint density at radius 3 is 2.15 bits per heavy atom. The minimum atomic E-state index is -3.34. The molecule has 7 nitrogen and oxygen atoms in total. The Labute approximate surface area is 158 Å². The van der Waals surface area contributed by atoms with Crippen LogP contribution in [0.2, 0.25) is 0 Å². The van der Waals surface area contributed by atoms with Crippen molar-refractivity contribution in [3.63, 3.8) is 0 Å². The lowest BCUT2D eigenvalue weighted by Gasteiger charge is -2.32. The van der Waals surface area contributed by atoms with Gasteiger partial charge >= 0.3 is 6.01 Å². The fourth-order valence-electron chi connectivity index (χ4n) is 3.07. The molecule has 0 bridgehead atoms. The summed E-state index contributed by atoms with van der Waals surface area (Å²) in [7, 11) is -3.34. The van der Waals surface area contributed by atoms with Crippen LogP contribution in [-0.4, -0.2) is 49.1 Å². The van der Waals surface area contributed by atoms with Crippen LogP contribution in [0, 0.1) is 0 Å². The number of hydrogen-bond donors (Lipinski definition) is 0. The van der Waals surface area contributed by atoms with E-state index >= 15 is 0 Å². The topological polar surface area (TPSA) is 79.5 Å². The fraction of sp³-hybridized carbons (Fsp3) is 0.263. The van der Waals surface area contributed by atoms with E-state index in [0.29, 0.717) is 38.1 Å². The molecule has 1 aliphatic heterocycles. The van der Waals surface area contributed by atoms with Gasteiger partial charge in [-0.25, -0.2) is 8.42 Å². The highest BCUT2D eigenvalue weighted by Crippen LogP contribution is 2.23. The van der Waals surface area contributed by atoms with Crippen LogP contribution in [0.15, 0.2) is 65.1 Å². The van der Waals surface area contributed by atoms with Gasteiger partial charge in [-0.3, -0.25) is 0 Å². The summed E-state index contributed by atoms with van der Waals surface area (Å²) in [6.07, 6.45) is 0. The van der Waals surface area contributed by atoms with Crippen molar-refractivity contribution in [1.82, 2.24) is 14.5 Å². The average molecular weight is 384 g/mol. The molecule has 3 aromatic rings. The third-order valence-electron chi connectivity index (χ3n) is 4.53. The van der Waals surface area contributed by atoms with Gasteiger partial charge in [0.25, 0.3) is 0 Å². The summed E-state index contributed by atoms with van der Waals surface area (Å²) < 4.78 is 32.6. The van der Waals surface area contributed by atoms with Crippen molar-refractivity contribution in [3.05, 3.63) is 66.2 Å². The predicted octanol–water partition coefficient (Wildman–Crippen LogP) is 2.39. The molecule has 0 spiro atoms. The number of rotatable bonds is 5. The van der Waals surface area contributed by atoms with E-state index in [2.05, 4.69) is 10.2 Å². The molecule has 1 fully saturated rings. The van der Waals surface area contributed by atoms with Crippen LogP contribution in [0.4, 0.5) is 6.01 Å². The van der Waals surface area contributed by atoms with E-state index < -0.39 is 10.0 Å². The second-order valence-corrected chi connectivity index (χ2v) is 8.35. The third-order valence-corrected chi connectivity index (χ3v) is 6.38. The van der Waals surface area contributed by atoms with Gasteiger partial charge < -0.3 is 9.32 Å². The molecular weight excluding hydrogens is 364 g/mol. The Morgan fingerprint density at radius 2 is 1.48 bits per heavy atom. The zero-order chi connectivity index (χ0) is 18.7. The van der Waals surface area contributed by atoms with Crippen LogP contribution >= 0.6 is 0 Å². The van der Waals surface area contributed by atoms with Crippen molar-refractivity contribution in [2.75, 3.05) is 31.1 Å². The smallest absolute Gasteiger partial charge is 0.318 e. The van der Waals surface area contributed by atoms with Gasteiger partial charge in [0.1, 0.15) is 0 Å². The van der Waals surface area contributed by atoms with Gasteiger partial charge in [0, 0.05) is 31.7 Å². The molecular formula is C19H20N4O3S. The molecule has 0 saturated carbocycles. The van der Waals surface area contributed by atoms with E-state index in [1.54, 1.807) is 0 Å². The monoisotopic (exact) mass is 384 g/mol. The summed E-state index contributed by atoms with van der Waals surface area (Å²) in [4.78, 5) is 1.92. The molecule has 0 unspecified atom stereocenters. The summed E-state index contributed by atoms with van der Waals surface area (Å²) in [6.45, 7) is 1.84. The number of nitrogens with zero attached hydrogens (tertiary/aromatic N) is 4. The predicted molar refractivity (Wildman–Crippen MR) is 103 cm³/mol. The van der Waals surface area contributed by atoms with Crippen LogP contribution in [-0.2, 0) is 15.8 Å². The van der Waals surface area contributed by atoms with Crippen LogP contribution < -0.4 is 4.90 Å². The standard InChI is InChI=1S/C19H20N4O3S/c24-27(25,15-16-7-3-1-4-8-16)23-13-11-22(12-14-23)19-21-20-18(26-19)17-9-5-2-6-10-17/h1-10H,11-15H2. The molecule has 140 valence electrons. The SMILES string of the molecule is O=S(=O)(Cc1ccccc1)N1CCN(c2nnc(-c3ccccc3)o2)CC1. The number of aromatic nitrogens is 2. The number of anilines is 1. The quantitative estimate of drug-likeness (QED) is 0.672. The highest BCUT2D eigenvalue weighted by Gasteiger charge is 2.29. The first kappa shape index (κ1) is 17.7. The zero-order valence-corrected chi connectivity index (χ0v) is 15.5. The molecule has 2 aromatic carbocycles. The molecule has 2 heterocycles. The van der Waals surface area contributed by atoms with E-state index in [0.717, 1.165) is 11.1 Å². The first-order chi connectivity index (χ1) is 13.1. The molecule has 27 heavy (non-hydrogen) atoms. The number of benzene rings is 2. The number of sulfonamides is 1. The average Bonchev–Trinajstić information content (AvgIpc) is 3.19. The molecule has 1 aliphatic rings. The van der Waals surface area contributed by atoms with Gasteiger partial charge in [-0.05, 0) is 17.7 Å². The van der Waals surface area contributed by atoms with Crippen LogP contribution in [0.5, 0.6) is 0 Å². The Morgan fingerprint density at radius 1 is 0.852 bits per heavy atom. The van der Waals surface area contributed by atoms with Crippen molar-refractivity contribution in [1.29, 1.82) is 0 Å². The number of hydrogen-bond acceptors (Lipinski definition) is 6. The lowest BCUT2D eigenvalue weighted by Crippen LogP contribution is -2.49. The maximum atomic E-state index is 12.6. The molecule has 8 heteroatoms. The van der Waals surface area contributed by atoms with Gasteiger partial charge in [0.2, 0.25) is 15.9 Å². The van der Waals surface area contributed by atoms with Crippen molar-refractivity contribution < 1.29 is 12.8 Å². The van der Waals surface area contributed by atoms with E-state index in [4.69, 9.17) is 4.42 Å². The molecule has 0 radical (unpaired) electrons. The summed E-state index contributed by atoms with van der Waals surface area (Å²) >= 11 is 0. The highest BCUT2D eigenvalue weighted by molar-refractivity contribution is 7.88. The zero-order valence-electron chi connectivity index (χ0n) is 14.7. The minimum absolute atomic E-state index is 0.0204. The van der Waals surface area contributed by atoms with Gasteiger partial charge in [0.15, 0.2) is 0 Å². The fourth-order valence-corrected chi connectivity index (χ4v) is 4.59. The highest BCUT2D eigenvalue weighted by atomic mass is 32.2. The first-order valence-electron chi connectivity index (χ1n) is 8.77. The van der Waals surface area contributed by atoms with E-state index in [1.807, 2.05) is 65.6 Å². The maximum absolute atomic E-state index is 12.6.